The summed E-state index contributed by atoms with van der Waals surface area (Å²) in [6.07, 6.45) is 0. The van der Waals surface area contributed by atoms with E-state index in [0.29, 0.717) is 26.2 Å². The first-order valence-corrected chi connectivity index (χ1v) is 7.78. The number of anilines is 1. The first-order chi connectivity index (χ1) is 8.95. The fourth-order valence-corrected chi connectivity index (χ4v) is 3.01. The molecule has 1 N–H and O–H groups in total. The summed E-state index contributed by atoms with van der Waals surface area (Å²) >= 11 is 0. The number of benzene rings is 1. The molecule has 1 aromatic rings. The summed E-state index contributed by atoms with van der Waals surface area (Å²) in [6, 6.07) is 1.76. The first kappa shape index (κ1) is 17.1. The van der Waals surface area contributed by atoms with E-state index in [2.05, 4.69) is 5.32 Å². The van der Waals surface area contributed by atoms with Crippen LogP contribution in [0.1, 0.15) is 6.92 Å². The molecule has 0 bridgehead atoms. The van der Waals surface area contributed by atoms with Gasteiger partial charge in [0, 0.05) is 32.2 Å². The number of halogens is 3. The molecule has 0 aliphatic carbocycles. The highest BCUT2D eigenvalue weighted by Gasteiger charge is 2.23. The van der Waals surface area contributed by atoms with Crippen molar-refractivity contribution in [3.05, 3.63) is 23.8 Å². The highest BCUT2D eigenvalue weighted by Crippen LogP contribution is 2.26. The van der Waals surface area contributed by atoms with Gasteiger partial charge in [-0.3, -0.25) is 0 Å². The van der Waals surface area contributed by atoms with Crippen LogP contribution >= 0.6 is 12.4 Å². The zero-order chi connectivity index (χ0) is 14.0. The number of nitrogens with zero attached hydrogens (tertiary/aromatic N) is 1. The van der Waals surface area contributed by atoms with E-state index >= 15 is 0 Å². The molecule has 0 spiro atoms. The lowest BCUT2D eigenvalue weighted by Gasteiger charge is -2.29. The van der Waals surface area contributed by atoms with Crippen molar-refractivity contribution < 1.29 is 17.2 Å². The Morgan fingerprint density at radius 2 is 1.80 bits per heavy atom. The van der Waals surface area contributed by atoms with Crippen LogP contribution in [0.15, 0.2) is 17.0 Å². The molecular weight excluding hydrogens is 310 g/mol. The van der Waals surface area contributed by atoms with Crippen molar-refractivity contribution in [1.82, 2.24) is 5.32 Å². The second-order valence-electron chi connectivity index (χ2n) is 4.37. The molecule has 0 atom stereocenters. The summed E-state index contributed by atoms with van der Waals surface area (Å²) in [4.78, 5) is 1.14. The van der Waals surface area contributed by atoms with E-state index in [0.717, 1.165) is 12.1 Å². The van der Waals surface area contributed by atoms with Crippen LogP contribution < -0.4 is 10.2 Å². The summed E-state index contributed by atoms with van der Waals surface area (Å²) in [5, 5.41) is 3.11. The smallest absolute Gasteiger partial charge is 0.181 e. The van der Waals surface area contributed by atoms with Gasteiger partial charge in [0.05, 0.1) is 11.4 Å². The normalized spacial score (nSPS) is 15.8. The zero-order valence-electron chi connectivity index (χ0n) is 11.0. The molecule has 1 saturated heterocycles. The van der Waals surface area contributed by atoms with Crippen LogP contribution in [0.2, 0.25) is 0 Å². The fraction of sp³-hybridized carbons (Fsp3) is 0.500. The van der Waals surface area contributed by atoms with Gasteiger partial charge in [0.1, 0.15) is 16.5 Å². The lowest BCUT2D eigenvalue weighted by atomic mass is 10.2. The molecule has 8 heteroatoms. The SMILES string of the molecule is CCS(=O)(=O)c1cc(F)c(N2CCNCC2)cc1F.Cl. The molecule has 1 fully saturated rings. The van der Waals surface area contributed by atoms with Crippen LogP contribution in [0.4, 0.5) is 14.5 Å². The standard InChI is InChI=1S/C12H16F2N2O2S.ClH/c1-2-19(17,18)12-8-9(13)11(7-10(12)14)16-5-3-15-4-6-16;/h7-8,15H,2-6H2,1H3;1H. The quantitative estimate of drug-likeness (QED) is 0.916. The molecule has 2 rings (SSSR count). The van der Waals surface area contributed by atoms with Crippen LogP contribution in [0.25, 0.3) is 0 Å². The molecule has 0 radical (unpaired) electrons. The van der Waals surface area contributed by atoms with E-state index in [1.807, 2.05) is 0 Å². The van der Waals surface area contributed by atoms with E-state index in [-0.39, 0.29) is 23.8 Å². The third-order valence-corrected chi connectivity index (χ3v) is 4.92. The minimum absolute atomic E-state index is 0. The van der Waals surface area contributed by atoms with Gasteiger partial charge in [-0.15, -0.1) is 12.4 Å². The van der Waals surface area contributed by atoms with Crippen molar-refractivity contribution in [2.45, 2.75) is 11.8 Å². The summed E-state index contributed by atoms with van der Waals surface area (Å²) in [5.41, 5.74) is 0.119. The lowest BCUT2D eigenvalue weighted by Crippen LogP contribution is -2.44. The van der Waals surface area contributed by atoms with Crippen molar-refractivity contribution in [1.29, 1.82) is 0 Å². The van der Waals surface area contributed by atoms with Gasteiger partial charge < -0.3 is 10.2 Å². The Morgan fingerprint density at radius 3 is 2.35 bits per heavy atom. The van der Waals surface area contributed by atoms with Gasteiger partial charge in [-0.2, -0.15) is 0 Å². The number of hydrogen-bond donors (Lipinski definition) is 1. The average Bonchev–Trinajstić information content (AvgIpc) is 2.41. The summed E-state index contributed by atoms with van der Waals surface area (Å²) in [5.74, 6) is -1.84. The minimum atomic E-state index is -3.74. The maximum atomic E-state index is 14.0. The molecule has 114 valence electrons. The molecule has 0 unspecified atom stereocenters. The lowest BCUT2D eigenvalue weighted by molar-refractivity contribution is 0.539. The molecule has 0 amide bonds. The molecule has 1 heterocycles. The van der Waals surface area contributed by atoms with E-state index in [1.165, 1.54) is 6.92 Å². The number of hydrogen-bond acceptors (Lipinski definition) is 4. The van der Waals surface area contributed by atoms with E-state index in [9.17, 15) is 17.2 Å². The molecule has 4 nitrogen and oxygen atoms in total. The summed E-state index contributed by atoms with van der Waals surface area (Å²) < 4.78 is 51.1. The van der Waals surface area contributed by atoms with E-state index in [1.54, 1.807) is 4.90 Å². The Hall–Kier alpha value is -0.920. The Morgan fingerprint density at radius 1 is 1.20 bits per heavy atom. The maximum Gasteiger partial charge on any atom is 0.181 e. The van der Waals surface area contributed by atoms with Crippen LogP contribution in [0.5, 0.6) is 0 Å². The van der Waals surface area contributed by atoms with Crippen molar-refractivity contribution in [2.75, 3.05) is 36.8 Å². The summed E-state index contributed by atoms with van der Waals surface area (Å²) in [7, 11) is -3.74. The van der Waals surface area contributed by atoms with Crippen molar-refractivity contribution in [3.63, 3.8) is 0 Å². The van der Waals surface area contributed by atoms with Crippen LogP contribution in [0.3, 0.4) is 0 Å². The number of sulfone groups is 1. The van der Waals surface area contributed by atoms with E-state index < -0.39 is 26.4 Å². The maximum absolute atomic E-state index is 14.0. The van der Waals surface area contributed by atoms with Gasteiger partial charge in [-0.05, 0) is 6.07 Å². The molecule has 1 aromatic carbocycles. The molecule has 20 heavy (non-hydrogen) atoms. The van der Waals surface area contributed by atoms with Gasteiger partial charge in [0.25, 0.3) is 0 Å². The monoisotopic (exact) mass is 326 g/mol. The predicted octanol–water partition coefficient (Wildman–Crippen LogP) is 1.59. The van der Waals surface area contributed by atoms with Crippen LogP contribution in [-0.2, 0) is 9.84 Å². The fourth-order valence-electron chi connectivity index (χ4n) is 2.06. The molecule has 1 aliphatic rings. The highest BCUT2D eigenvalue weighted by molar-refractivity contribution is 7.91. The zero-order valence-corrected chi connectivity index (χ0v) is 12.7. The van der Waals surface area contributed by atoms with Crippen molar-refractivity contribution >= 4 is 27.9 Å². The molecule has 0 saturated carbocycles. The largest absolute Gasteiger partial charge is 0.367 e. The number of rotatable bonds is 3. The van der Waals surface area contributed by atoms with Gasteiger partial charge in [-0.25, -0.2) is 17.2 Å². The van der Waals surface area contributed by atoms with E-state index in [4.69, 9.17) is 0 Å². The Labute approximate surface area is 123 Å². The van der Waals surface area contributed by atoms with Crippen LogP contribution in [0, 0.1) is 11.6 Å². The second kappa shape index (κ2) is 6.69. The second-order valence-corrected chi connectivity index (χ2v) is 6.62. The first-order valence-electron chi connectivity index (χ1n) is 6.13. The molecule has 0 aromatic heterocycles. The van der Waals surface area contributed by atoms with Gasteiger partial charge in [0.2, 0.25) is 0 Å². The Balaban J connectivity index is 0.00000200. The minimum Gasteiger partial charge on any atom is -0.367 e. The van der Waals surface area contributed by atoms with Gasteiger partial charge in [-0.1, -0.05) is 6.92 Å². The predicted molar refractivity (Wildman–Crippen MR) is 76.4 cm³/mol. The van der Waals surface area contributed by atoms with Gasteiger partial charge >= 0.3 is 0 Å². The Bertz CT molecular complexity index is 575. The van der Waals surface area contributed by atoms with Crippen LogP contribution in [-0.4, -0.2) is 40.3 Å². The van der Waals surface area contributed by atoms with Gasteiger partial charge in [0.15, 0.2) is 9.84 Å². The molecule has 1 aliphatic heterocycles. The summed E-state index contributed by atoms with van der Waals surface area (Å²) in [6.45, 7) is 3.91. The van der Waals surface area contributed by atoms with Crippen molar-refractivity contribution in [2.24, 2.45) is 0 Å². The number of piperazine rings is 1. The highest BCUT2D eigenvalue weighted by atomic mass is 35.5. The topological polar surface area (TPSA) is 49.4 Å². The number of nitrogens with one attached hydrogen (secondary N) is 1. The average molecular weight is 327 g/mol. The Kier molecular flexibility index (Phi) is 5.73. The molecular formula is C12H17ClF2N2O2S. The third-order valence-electron chi connectivity index (χ3n) is 3.17. The third kappa shape index (κ3) is 3.39. The van der Waals surface area contributed by atoms with Crippen molar-refractivity contribution in [3.8, 4) is 0 Å².